The van der Waals surface area contributed by atoms with E-state index < -0.39 is 23.9 Å². The summed E-state index contributed by atoms with van der Waals surface area (Å²) in [5, 5.41) is 36.5. The molecule has 0 saturated carbocycles. The van der Waals surface area contributed by atoms with E-state index in [2.05, 4.69) is 0 Å². The van der Waals surface area contributed by atoms with Gasteiger partial charge in [0.25, 0.3) is 0 Å². The van der Waals surface area contributed by atoms with Gasteiger partial charge in [-0.25, -0.2) is 0 Å². The molecule has 0 aromatic rings. The van der Waals surface area contributed by atoms with Gasteiger partial charge in [-0.05, 0) is 12.8 Å². The van der Waals surface area contributed by atoms with E-state index in [9.17, 15) is 19.2 Å². The van der Waals surface area contributed by atoms with Crippen LogP contribution in [0.2, 0.25) is 0 Å². The minimum atomic E-state index is -0.979. The van der Waals surface area contributed by atoms with E-state index in [0.29, 0.717) is 65.2 Å². The Bertz CT molecular complexity index is 497. The van der Waals surface area contributed by atoms with Gasteiger partial charge in [0.2, 0.25) is 0 Å². The fraction of sp³-hybridized carbons (Fsp3) is 0.778. The van der Waals surface area contributed by atoms with Crippen molar-refractivity contribution in [2.75, 3.05) is 78.5 Å². The Balaban J connectivity index is 0.00000900. The zero-order chi connectivity index (χ0) is 22.5. The van der Waals surface area contributed by atoms with Gasteiger partial charge in [-0.1, -0.05) is 0 Å². The Hall–Kier alpha value is -1.70. The van der Waals surface area contributed by atoms with Crippen molar-refractivity contribution in [3.05, 3.63) is 0 Å². The Morgan fingerprint density at radius 2 is 0.645 bits per heavy atom. The summed E-state index contributed by atoms with van der Waals surface area (Å²) in [6, 6.07) is 0. The first-order chi connectivity index (χ1) is 14.2. The van der Waals surface area contributed by atoms with Crippen molar-refractivity contribution in [1.82, 2.24) is 19.6 Å². The summed E-state index contributed by atoms with van der Waals surface area (Å²) in [7, 11) is 0. The third kappa shape index (κ3) is 14.9. The molecule has 1 aliphatic rings. The third-order valence-electron chi connectivity index (χ3n) is 4.80. The van der Waals surface area contributed by atoms with Crippen LogP contribution in [0.1, 0.15) is 12.8 Å². The topological polar surface area (TPSA) is 162 Å². The van der Waals surface area contributed by atoms with Crippen molar-refractivity contribution in [3.63, 3.8) is 0 Å². The van der Waals surface area contributed by atoms with E-state index >= 15 is 0 Å². The largest absolute Gasteiger partial charge is 4.00 e. The third-order valence-corrected chi connectivity index (χ3v) is 4.80. The Morgan fingerprint density at radius 3 is 0.806 bits per heavy atom. The summed E-state index contributed by atoms with van der Waals surface area (Å²) in [5.41, 5.74) is 0. The number of carboxylic acids is 4. The zero-order valence-corrected chi connectivity index (χ0v) is 19.0. The van der Waals surface area contributed by atoms with Crippen molar-refractivity contribution in [2.24, 2.45) is 0 Å². The molecule has 173 valence electrons. The van der Waals surface area contributed by atoms with Crippen LogP contribution in [0.15, 0.2) is 0 Å². The fourth-order valence-corrected chi connectivity index (χ4v) is 3.45. The molecule has 4 N–H and O–H groups in total. The van der Waals surface area contributed by atoms with Gasteiger partial charge in [0, 0.05) is 52.4 Å². The quantitative estimate of drug-likeness (QED) is 0.311. The Kier molecular flexibility index (Phi) is 15.1. The molecule has 1 heterocycles. The summed E-state index contributed by atoms with van der Waals surface area (Å²) >= 11 is 0. The van der Waals surface area contributed by atoms with E-state index in [1.807, 2.05) is 0 Å². The van der Waals surface area contributed by atoms with Gasteiger partial charge in [0.15, 0.2) is 0 Å². The summed E-state index contributed by atoms with van der Waals surface area (Å²) in [5.74, 6) is -3.92. The molecule has 1 aliphatic heterocycles. The maximum absolute atomic E-state index is 11.1. The number of hydrogen-bond acceptors (Lipinski definition) is 8. The van der Waals surface area contributed by atoms with Crippen LogP contribution in [-0.2, 0) is 37.7 Å². The van der Waals surface area contributed by atoms with Gasteiger partial charge in [0.05, 0.1) is 26.2 Å². The van der Waals surface area contributed by atoms with Gasteiger partial charge >= 0.3 is 42.4 Å². The van der Waals surface area contributed by atoms with E-state index in [4.69, 9.17) is 20.4 Å². The normalized spacial score (nSPS) is 19.1. The second kappa shape index (κ2) is 16.0. The van der Waals surface area contributed by atoms with Gasteiger partial charge in [0.1, 0.15) is 0 Å². The molecule has 0 aromatic carbocycles. The molecular weight excluding hydrogens is 451 g/mol. The molecule has 12 nitrogen and oxygen atoms in total. The van der Waals surface area contributed by atoms with Crippen LogP contribution in [0.3, 0.4) is 0 Å². The molecule has 1 radical (unpaired) electrons. The first-order valence-corrected chi connectivity index (χ1v) is 9.92. The van der Waals surface area contributed by atoms with E-state index in [1.165, 1.54) is 0 Å². The van der Waals surface area contributed by atoms with Crippen molar-refractivity contribution < 1.29 is 58.2 Å². The molecule has 0 aromatic heterocycles. The zero-order valence-electron chi connectivity index (χ0n) is 17.6. The van der Waals surface area contributed by atoms with E-state index in [0.717, 1.165) is 0 Å². The minimum absolute atomic E-state index is 0. The standard InChI is InChI=1S/C18H32N4O8.V/c23-15(24)11-19-3-1-4-20(12-16(25)26)8-10-22(14-18(29)30)6-2-5-21(9-7-19)13-17(27)28;/h1-14H2,(H,23,24)(H,25,26)(H,27,28)(H,29,30);/q;+4. The minimum Gasteiger partial charge on any atom is -0.480 e. The average Bonchev–Trinajstić information content (AvgIpc) is 2.60. The number of carboxylic acid groups (broad SMARTS) is 4. The summed E-state index contributed by atoms with van der Waals surface area (Å²) in [6.07, 6.45) is 1.08. The molecule has 0 aliphatic carbocycles. The van der Waals surface area contributed by atoms with Crippen molar-refractivity contribution in [2.45, 2.75) is 12.8 Å². The molecule has 1 rings (SSSR count). The van der Waals surface area contributed by atoms with Crippen LogP contribution in [-0.4, -0.2) is 142 Å². The van der Waals surface area contributed by atoms with Gasteiger partial charge in [-0.2, -0.15) is 0 Å². The summed E-state index contributed by atoms with van der Waals surface area (Å²) < 4.78 is 0. The Labute approximate surface area is 193 Å². The second-order valence-corrected chi connectivity index (χ2v) is 7.39. The smallest absolute Gasteiger partial charge is 0.480 e. The van der Waals surface area contributed by atoms with E-state index in [1.54, 1.807) is 19.6 Å². The number of carbonyl (C=O) groups is 4. The number of nitrogens with zero attached hydrogens (tertiary/aromatic N) is 4. The molecule has 0 unspecified atom stereocenters. The molecule has 0 amide bonds. The maximum atomic E-state index is 11.1. The fourth-order valence-electron chi connectivity index (χ4n) is 3.45. The predicted octanol–water partition coefficient (Wildman–Crippen LogP) is -1.68. The monoisotopic (exact) mass is 483 g/mol. The van der Waals surface area contributed by atoms with Crippen molar-refractivity contribution in [3.8, 4) is 0 Å². The molecule has 1 fully saturated rings. The molecule has 0 atom stereocenters. The van der Waals surface area contributed by atoms with Crippen molar-refractivity contribution in [1.29, 1.82) is 0 Å². The summed E-state index contributed by atoms with van der Waals surface area (Å²) in [6.45, 7) is 2.52. The van der Waals surface area contributed by atoms with Crippen LogP contribution in [0.4, 0.5) is 0 Å². The van der Waals surface area contributed by atoms with Gasteiger partial charge < -0.3 is 20.4 Å². The van der Waals surface area contributed by atoms with Crippen LogP contribution in [0, 0.1) is 0 Å². The average molecular weight is 483 g/mol. The second-order valence-electron chi connectivity index (χ2n) is 7.39. The number of aliphatic carboxylic acids is 4. The first-order valence-electron chi connectivity index (χ1n) is 9.92. The molecule has 1 saturated heterocycles. The number of hydrogen-bond donors (Lipinski definition) is 4. The van der Waals surface area contributed by atoms with Crippen LogP contribution in [0.25, 0.3) is 0 Å². The van der Waals surface area contributed by atoms with E-state index in [-0.39, 0.29) is 44.7 Å². The SMILES string of the molecule is O=C(O)CN1CCCN(CC(=O)O)CCN(CC(=O)O)CCCN(CC(=O)O)CC1.[V+4]. The number of rotatable bonds is 8. The Morgan fingerprint density at radius 1 is 0.452 bits per heavy atom. The van der Waals surface area contributed by atoms with Gasteiger partial charge in [-0.3, -0.25) is 38.8 Å². The molecule has 0 bridgehead atoms. The predicted molar refractivity (Wildman–Crippen MR) is 106 cm³/mol. The van der Waals surface area contributed by atoms with Crippen LogP contribution < -0.4 is 0 Å². The maximum Gasteiger partial charge on any atom is 4.00 e. The molecule has 0 spiro atoms. The molecule has 31 heavy (non-hydrogen) atoms. The van der Waals surface area contributed by atoms with Gasteiger partial charge in [-0.15, -0.1) is 0 Å². The first kappa shape index (κ1) is 29.3. The summed E-state index contributed by atoms with van der Waals surface area (Å²) in [4.78, 5) is 51.5. The van der Waals surface area contributed by atoms with Crippen LogP contribution >= 0.6 is 0 Å². The van der Waals surface area contributed by atoms with Crippen molar-refractivity contribution >= 4 is 23.9 Å². The molecular formula is C18H32N4O8V+4. The van der Waals surface area contributed by atoms with Crippen LogP contribution in [0.5, 0.6) is 0 Å². The molecule has 13 heteroatoms.